The van der Waals surface area contributed by atoms with Crippen molar-refractivity contribution in [1.29, 1.82) is 0 Å². The molecule has 0 heterocycles. The molecule has 4 nitrogen and oxygen atoms in total. The molecule has 0 spiro atoms. The molecule has 0 aromatic heterocycles. The van der Waals surface area contributed by atoms with Gasteiger partial charge in [-0.1, -0.05) is 5.92 Å². The number of carbonyl (C=O) groups is 1. The van der Waals surface area contributed by atoms with Crippen LogP contribution in [0.1, 0.15) is 5.56 Å². The number of hydrogen-bond donors (Lipinski definition) is 2. The average molecular weight is 192 g/mol. The molecule has 72 valence electrons. The van der Waals surface area contributed by atoms with Crippen molar-refractivity contribution in [2.75, 3.05) is 7.11 Å². The second-order valence-electron chi connectivity index (χ2n) is 2.44. The smallest absolute Gasteiger partial charge is 0.382 e. The standard InChI is InChI=1S/C10H8O4/c1-14-9-6-7(2-4-8(9)11)3-5-10(12)13/h2,4,6,11H,1H3,(H,12,13). The summed E-state index contributed by atoms with van der Waals surface area (Å²) >= 11 is 0. The second-order valence-corrected chi connectivity index (χ2v) is 2.44. The highest BCUT2D eigenvalue weighted by atomic mass is 16.5. The molecule has 0 aliphatic rings. The molecule has 0 saturated carbocycles. The van der Waals surface area contributed by atoms with Crippen LogP contribution in [0.25, 0.3) is 0 Å². The Morgan fingerprint density at radius 3 is 2.79 bits per heavy atom. The summed E-state index contributed by atoms with van der Waals surface area (Å²) in [6.07, 6.45) is 0. The zero-order valence-electron chi connectivity index (χ0n) is 7.44. The van der Waals surface area contributed by atoms with Crippen LogP contribution in [-0.4, -0.2) is 23.3 Å². The molecule has 0 aliphatic carbocycles. The Kier molecular flexibility index (Phi) is 2.97. The topological polar surface area (TPSA) is 66.8 Å². The van der Waals surface area contributed by atoms with Crippen molar-refractivity contribution in [3.63, 3.8) is 0 Å². The lowest BCUT2D eigenvalue weighted by atomic mass is 10.2. The molecular weight excluding hydrogens is 184 g/mol. The summed E-state index contributed by atoms with van der Waals surface area (Å²) in [5.41, 5.74) is 0.474. The van der Waals surface area contributed by atoms with Gasteiger partial charge in [-0.15, -0.1) is 0 Å². The molecule has 0 fully saturated rings. The Morgan fingerprint density at radius 1 is 1.50 bits per heavy atom. The molecular formula is C10H8O4. The Morgan fingerprint density at radius 2 is 2.21 bits per heavy atom. The van der Waals surface area contributed by atoms with Crippen molar-refractivity contribution in [1.82, 2.24) is 0 Å². The quantitative estimate of drug-likeness (QED) is 0.647. The summed E-state index contributed by atoms with van der Waals surface area (Å²) in [5, 5.41) is 17.5. The minimum Gasteiger partial charge on any atom is -0.504 e. The zero-order chi connectivity index (χ0) is 10.6. The van der Waals surface area contributed by atoms with E-state index in [0.717, 1.165) is 0 Å². The number of benzene rings is 1. The number of phenols is 1. The molecule has 0 bridgehead atoms. The molecule has 0 atom stereocenters. The molecule has 0 aliphatic heterocycles. The maximum Gasteiger partial charge on any atom is 0.382 e. The fourth-order valence-corrected chi connectivity index (χ4v) is 0.881. The third-order valence-electron chi connectivity index (χ3n) is 1.49. The first kappa shape index (κ1) is 9.93. The van der Waals surface area contributed by atoms with Gasteiger partial charge >= 0.3 is 5.97 Å². The number of rotatable bonds is 1. The largest absolute Gasteiger partial charge is 0.504 e. The van der Waals surface area contributed by atoms with Gasteiger partial charge in [0, 0.05) is 11.5 Å². The van der Waals surface area contributed by atoms with E-state index in [2.05, 4.69) is 5.92 Å². The van der Waals surface area contributed by atoms with Gasteiger partial charge in [-0.3, -0.25) is 0 Å². The van der Waals surface area contributed by atoms with Crippen LogP contribution in [0, 0.1) is 11.8 Å². The number of aromatic hydroxyl groups is 1. The Bertz CT molecular complexity index is 412. The first-order valence-electron chi connectivity index (χ1n) is 3.75. The molecule has 0 saturated heterocycles. The van der Waals surface area contributed by atoms with Crippen LogP contribution >= 0.6 is 0 Å². The number of phenolic OH excluding ortho intramolecular Hbond substituents is 1. The maximum atomic E-state index is 10.1. The van der Waals surface area contributed by atoms with Crippen LogP contribution in [-0.2, 0) is 4.79 Å². The minimum absolute atomic E-state index is 0.00613. The zero-order valence-corrected chi connectivity index (χ0v) is 7.44. The van der Waals surface area contributed by atoms with E-state index in [-0.39, 0.29) is 11.5 Å². The SMILES string of the molecule is COc1cc(C#CC(=O)O)ccc1O. The van der Waals surface area contributed by atoms with Crippen LogP contribution in [0.5, 0.6) is 11.5 Å². The average Bonchev–Trinajstić information content (AvgIpc) is 2.16. The van der Waals surface area contributed by atoms with Gasteiger partial charge in [-0.2, -0.15) is 0 Å². The third kappa shape index (κ3) is 2.42. The van der Waals surface area contributed by atoms with Gasteiger partial charge in [-0.25, -0.2) is 4.79 Å². The summed E-state index contributed by atoms with van der Waals surface area (Å²) in [6, 6.07) is 4.36. The fraction of sp³-hybridized carbons (Fsp3) is 0.100. The van der Waals surface area contributed by atoms with Crippen molar-refractivity contribution < 1.29 is 19.7 Å². The van der Waals surface area contributed by atoms with E-state index < -0.39 is 5.97 Å². The Hall–Kier alpha value is -2.15. The third-order valence-corrected chi connectivity index (χ3v) is 1.49. The van der Waals surface area contributed by atoms with Gasteiger partial charge in [0.1, 0.15) is 0 Å². The van der Waals surface area contributed by atoms with E-state index >= 15 is 0 Å². The summed E-state index contributed by atoms with van der Waals surface area (Å²) in [4.78, 5) is 10.1. The van der Waals surface area contributed by atoms with E-state index in [4.69, 9.17) is 9.84 Å². The predicted octanol–water partition coefficient (Wildman–Crippen LogP) is 0.837. The first-order chi connectivity index (χ1) is 6.63. The van der Waals surface area contributed by atoms with Gasteiger partial charge in [-0.05, 0) is 18.2 Å². The number of carboxylic acids is 1. The molecule has 0 unspecified atom stereocenters. The summed E-state index contributed by atoms with van der Waals surface area (Å²) in [6.45, 7) is 0. The molecule has 1 aromatic carbocycles. The van der Waals surface area contributed by atoms with Crippen LogP contribution in [0.15, 0.2) is 18.2 Å². The summed E-state index contributed by atoms with van der Waals surface area (Å²) < 4.78 is 4.83. The van der Waals surface area contributed by atoms with Crippen molar-refractivity contribution in [3.05, 3.63) is 23.8 Å². The molecule has 1 aromatic rings. The van der Waals surface area contributed by atoms with Crippen molar-refractivity contribution in [2.24, 2.45) is 0 Å². The van der Waals surface area contributed by atoms with Gasteiger partial charge in [0.05, 0.1) is 7.11 Å². The van der Waals surface area contributed by atoms with Gasteiger partial charge in [0.2, 0.25) is 0 Å². The Balaban J connectivity index is 3.03. The molecule has 14 heavy (non-hydrogen) atoms. The monoisotopic (exact) mass is 192 g/mol. The van der Waals surface area contributed by atoms with Crippen LogP contribution in [0.4, 0.5) is 0 Å². The highest BCUT2D eigenvalue weighted by molar-refractivity contribution is 5.87. The van der Waals surface area contributed by atoms with Crippen molar-refractivity contribution in [2.45, 2.75) is 0 Å². The number of methoxy groups -OCH3 is 1. The Labute approximate surface area is 80.8 Å². The van der Waals surface area contributed by atoms with Gasteiger partial charge in [0.25, 0.3) is 0 Å². The highest BCUT2D eigenvalue weighted by Crippen LogP contribution is 2.25. The minimum atomic E-state index is -1.20. The summed E-state index contributed by atoms with van der Waals surface area (Å²) in [5.74, 6) is 3.43. The van der Waals surface area contributed by atoms with Crippen molar-refractivity contribution >= 4 is 5.97 Å². The number of aliphatic carboxylic acids is 1. The summed E-state index contributed by atoms with van der Waals surface area (Å²) in [7, 11) is 1.41. The number of hydrogen-bond acceptors (Lipinski definition) is 3. The van der Waals surface area contributed by atoms with Crippen LogP contribution in [0.2, 0.25) is 0 Å². The number of carboxylic acid groups (broad SMARTS) is 1. The van der Waals surface area contributed by atoms with Gasteiger partial charge in [0.15, 0.2) is 11.5 Å². The second kappa shape index (κ2) is 4.19. The molecule has 4 heteroatoms. The maximum absolute atomic E-state index is 10.1. The molecule has 1 rings (SSSR count). The van der Waals surface area contributed by atoms with Gasteiger partial charge < -0.3 is 14.9 Å². The lowest BCUT2D eigenvalue weighted by molar-refractivity contribution is -0.130. The molecule has 2 N–H and O–H groups in total. The van der Waals surface area contributed by atoms with E-state index in [9.17, 15) is 9.90 Å². The van der Waals surface area contributed by atoms with Crippen molar-refractivity contribution in [3.8, 4) is 23.3 Å². The first-order valence-corrected chi connectivity index (χ1v) is 3.75. The van der Waals surface area contributed by atoms with E-state index in [1.165, 1.54) is 25.3 Å². The predicted molar refractivity (Wildman–Crippen MR) is 49.2 cm³/mol. The van der Waals surface area contributed by atoms with E-state index in [1.54, 1.807) is 0 Å². The molecule has 0 radical (unpaired) electrons. The molecule has 0 amide bonds. The lowest BCUT2D eigenvalue weighted by Gasteiger charge is -2.02. The highest BCUT2D eigenvalue weighted by Gasteiger charge is 2.00. The van der Waals surface area contributed by atoms with E-state index in [1.807, 2.05) is 5.92 Å². The fourth-order valence-electron chi connectivity index (χ4n) is 0.881. The lowest BCUT2D eigenvalue weighted by Crippen LogP contribution is -1.88. The number of ether oxygens (including phenoxy) is 1. The van der Waals surface area contributed by atoms with E-state index in [0.29, 0.717) is 5.56 Å². The van der Waals surface area contributed by atoms with Crippen LogP contribution in [0.3, 0.4) is 0 Å². The normalized spacial score (nSPS) is 8.64. The van der Waals surface area contributed by atoms with Crippen LogP contribution < -0.4 is 4.74 Å².